The van der Waals surface area contributed by atoms with Crippen molar-refractivity contribution >= 4 is 28.9 Å². The second kappa shape index (κ2) is 9.26. The van der Waals surface area contributed by atoms with E-state index in [1.54, 1.807) is 24.3 Å². The van der Waals surface area contributed by atoms with Gasteiger partial charge in [-0.15, -0.1) is 11.3 Å². The summed E-state index contributed by atoms with van der Waals surface area (Å²) in [6.45, 7) is 1.35. The zero-order chi connectivity index (χ0) is 20.9. The summed E-state index contributed by atoms with van der Waals surface area (Å²) in [5.41, 5.74) is 4.28. The van der Waals surface area contributed by atoms with Gasteiger partial charge in [-0.05, 0) is 71.2 Å². The number of carbonyl (C=O) groups excluding carboxylic acids is 2. The smallest absolute Gasteiger partial charge is 0.308 e. The van der Waals surface area contributed by atoms with Gasteiger partial charge < -0.3 is 10.1 Å². The maximum absolute atomic E-state index is 12.6. The average Bonchev–Trinajstić information content (AvgIpc) is 3.26. The molecule has 1 N–H and O–H groups in total. The molecule has 3 aromatic rings. The van der Waals surface area contributed by atoms with Gasteiger partial charge in [0.2, 0.25) is 0 Å². The lowest BCUT2D eigenvalue weighted by atomic mass is 9.84. The minimum Gasteiger partial charge on any atom is -0.427 e. The van der Waals surface area contributed by atoms with Crippen LogP contribution >= 0.6 is 11.3 Å². The highest BCUT2D eigenvalue weighted by Crippen LogP contribution is 2.34. The molecule has 0 aliphatic heterocycles. The normalized spacial score (nSPS) is 14.3. The van der Waals surface area contributed by atoms with Crippen LogP contribution in [0.1, 0.15) is 60.2 Å². The van der Waals surface area contributed by atoms with Crippen LogP contribution in [0.25, 0.3) is 11.1 Å². The lowest BCUT2D eigenvalue weighted by Gasteiger charge is -2.22. The molecule has 154 valence electrons. The first kappa shape index (κ1) is 20.4. The number of ether oxygens (including phenoxy) is 1. The topological polar surface area (TPSA) is 55.4 Å². The number of benzene rings is 2. The second-order valence-electron chi connectivity index (χ2n) is 7.73. The van der Waals surface area contributed by atoms with E-state index in [-0.39, 0.29) is 11.9 Å². The van der Waals surface area contributed by atoms with E-state index in [9.17, 15) is 9.59 Å². The predicted molar refractivity (Wildman–Crippen MR) is 121 cm³/mol. The number of hydrogen-bond donors (Lipinski definition) is 1. The van der Waals surface area contributed by atoms with E-state index >= 15 is 0 Å². The van der Waals surface area contributed by atoms with Gasteiger partial charge in [0.25, 0.3) is 5.91 Å². The maximum atomic E-state index is 12.6. The van der Waals surface area contributed by atoms with Crippen LogP contribution in [0.5, 0.6) is 5.75 Å². The van der Waals surface area contributed by atoms with Crippen molar-refractivity contribution in [1.82, 2.24) is 0 Å². The van der Waals surface area contributed by atoms with Crippen molar-refractivity contribution in [3.8, 4) is 16.9 Å². The van der Waals surface area contributed by atoms with Crippen molar-refractivity contribution in [1.29, 1.82) is 0 Å². The van der Waals surface area contributed by atoms with Crippen LogP contribution in [0.15, 0.2) is 60.0 Å². The number of anilines is 1. The molecule has 0 saturated heterocycles. The lowest BCUT2D eigenvalue weighted by molar-refractivity contribution is -0.131. The molecule has 1 aliphatic rings. The van der Waals surface area contributed by atoms with Gasteiger partial charge in [-0.1, -0.05) is 43.5 Å². The number of thiophene rings is 1. The number of esters is 1. The lowest BCUT2D eigenvalue weighted by Crippen LogP contribution is -2.10. The summed E-state index contributed by atoms with van der Waals surface area (Å²) in [6, 6.07) is 17.5. The molecule has 5 heteroatoms. The van der Waals surface area contributed by atoms with E-state index in [2.05, 4.69) is 29.6 Å². The van der Waals surface area contributed by atoms with Gasteiger partial charge in [0.15, 0.2) is 0 Å². The highest BCUT2D eigenvalue weighted by atomic mass is 32.1. The van der Waals surface area contributed by atoms with Crippen LogP contribution in [0.2, 0.25) is 0 Å². The SMILES string of the molecule is CC(=O)Oc1ccc(NC(=O)c2cc(-c3ccc(C4CCCCC4)cc3)cs2)cc1. The zero-order valence-electron chi connectivity index (χ0n) is 17.0. The van der Waals surface area contributed by atoms with Gasteiger partial charge in [0, 0.05) is 12.6 Å². The number of amides is 1. The van der Waals surface area contributed by atoms with Crippen molar-refractivity contribution < 1.29 is 14.3 Å². The highest BCUT2D eigenvalue weighted by molar-refractivity contribution is 7.12. The fourth-order valence-corrected chi connectivity index (χ4v) is 4.77. The molecular weight excluding hydrogens is 394 g/mol. The third-order valence-electron chi connectivity index (χ3n) is 5.52. The summed E-state index contributed by atoms with van der Waals surface area (Å²) in [4.78, 5) is 24.2. The number of rotatable bonds is 5. The maximum Gasteiger partial charge on any atom is 0.308 e. The molecule has 1 amide bonds. The molecule has 0 bridgehead atoms. The average molecular weight is 420 g/mol. The Morgan fingerprint density at radius 1 is 0.933 bits per heavy atom. The van der Waals surface area contributed by atoms with Gasteiger partial charge in [0.1, 0.15) is 5.75 Å². The second-order valence-corrected chi connectivity index (χ2v) is 8.64. The monoisotopic (exact) mass is 419 g/mol. The molecular formula is C25H25NO3S. The molecule has 1 aliphatic carbocycles. The van der Waals surface area contributed by atoms with E-state index in [4.69, 9.17) is 4.74 Å². The van der Waals surface area contributed by atoms with Crippen molar-refractivity contribution in [2.24, 2.45) is 0 Å². The van der Waals surface area contributed by atoms with Crippen molar-refractivity contribution in [2.45, 2.75) is 44.9 Å². The fourth-order valence-electron chi connectivity index (χ4n) is 3.96. The highest BCUT2D eigenvalue weighted by Gasteiger charge is 2.16. The Labute approximate surface area is 180 Å². The molecule has 2 aromatic carbocycles. The third kappa shape index (κ3) is 4.97. The van der Waals surface area contributed by atoms with Gasteiger partial charge >= 0.3 is 5.97 Å². The summed E-state index contributed by atoms with van der Waals surface area (Å²) < 4.78 is 5.01. The molecule has 0 radical (unpaired) electrons. The van der Waals surface area contributed by atoms with Gasteiger partial charge in [-0.3, -0.25) is 9.59 Å². The van der Waals surface area contributed by atoms with Crippen LogP contribution in [-0.4, -0.2) is 11.9 Å². The fraction of sp³-hybridized carbons (Fsp3) is 0.280. The summed E-state index contributed by atoms with van der Waals surface area (Å²) >= 11 is 1.43. The molecule has 0 spiro atoms. The molecule has 4 nitrogen and oxygen atoms in total. The Balaban J connectivity index is 1.40. The largest absolute Gasteiger partial charge is 0.427 e. The number of nitrogens with one attached hydrogen (secondary N) is 1. The molecule has 0 unspecified atom stereocenters. The van der Waals surface area contributed by atoms with Crippen molar-refractivity contribution in [3.05, 3.63) is 70.4 Å². The number of carbonyl (C=O) groups is 2. The summed E-state index contributed by atoms with van der Waals surface area (Å²) in [5, 5.41) is 4.91. The van der Waals surface area contributed by atoms with E-state index in [1.807, 2.05) is 11.4 Å². The van der Waals surface area contributed by atoms with E-state index in [1.165, 1.54) is 55.9 Å². The molecule has 1 heterocycles. The Morgan fingerprint density at radius 2 is 1.63 bits per heavy atom. The minimum atomic E-state index is -0.371. The van der Waals surface area contributed by atoms with E-state index < -0.39 is 0 Å². The first-order valence-corrected chi connectivity index (χ1v) is 11.2. The predicted octanol–water partition coefficient (Wildman–Crippen LogP) is 6.64. The van der Waals surface area contributed by atoms with E-state index in [0.717, 1.165) is 11.1 Å². The standard InChI is InChI=1S/C25H25NO3S/c1-17(27)29-23-13-11-22(12-14-23)26-25(28)24-15-21(16-30-24)20-9-7-19(8-10-20)18-5-3-2-4-6-18/h7-16,18H,2-6H2,1H3,(H,26,28). The Kier molecular flexibility index (Phi) is 6.29. The summed E-state index contributed by atoms with van der Waals surface area (Å²) in [5.74, 6) is 0.634. The summed E-state index contributed by atoms with van der Waals surface area (Å²) in [6.07, 6.45) is 6.63. The van der Waals surface area contributed by atoms with E-state index in [0.29, 0.717) is 22.2 Å². The van der Waals surface area contributed by atoms with Gasteiger partial charge in [0.05, 0.1) is 4.88 Å². The molecule has 0 atom stereocenters. The Hall–Kier alpha value is -2.92. The van der Waals surface area contributed by atoms with Gasteiger partial charge in [-0.25, -0.2) is 0 Å². The van der Waals surface area contributed by atoms with Crippen LogP contribution in [0.3, 0.4) is 0 Å². The van der Waals surface area contributed by atoms with Crippen LogP contribution in [0, 0.1) is 0 Å². The number of hydrogen-bond acceptors (Lipinski definition) is 4. The minimum absolute atomic E-state index is 0.148. The van der Waals surface area contributed by atoms with Crippen LogP contribution < -0.4 is 10.1 Å². The molecule has 1 fully saturated rings. The van der Waals surface area contributed by atoms with Gasteiger partial charge in [-0.2, -0.15) is 0 Å². The third-order valence-corrected chi connectivity index (χ3v) is 6.45. The molecule has 30 heavy (non-hydrogen) atoms. The molecule has 4 rings (SSSR count). The summed E-state index contributed by atoms with van der Waals surface area (Å²) in [7, 11) is 0. The first-order valence-electron chi connectivity index (χ1n) is 10.4. The van der Waals surface area contributed by atoms with Crippen molar-refractivity contribution in [2.75, 3.05) is 5.32 Å². The van der Waals surface area contributed by atoms with Crippen molar-refractivity contribution in [3.63, 3.8) is 0 Å². The Bertz CT molecular complexity index is 1020. The molecule has 1 saturated carbocycles. The van der Waals surface area contributed by atoms with Crippen LogP contribution in [0.4, 0.5) is 5.69 Å². The molecule has 1 aromatic heterocycles. The first-order chi connectivity index (χ1) is 14.6. The van der Waals surface area contributed by atoms with Crippen LogP contribution in [-0.2, 0) is 4.79 Å². The quantitative estimate of drug-likeness (QED) is 0.372. The zero-order valence-corrected chi connectivity index (χ0v) is 17.8. The Morgan fingerprint density at radius 3 is 2.30 bits per heavy atom.